The van der Waals surface area contributed by atoms with E-state index in [4.69, 9.17) is 14.5 Å². The summed E-state index contributed by atoms with van der Waals surface area (Å²) in [4.78, 5) is 17.3. The number of thiazole rings is 1. The van der Waals surface area contributed by atoms with Gasteiger partial charge in [0.2, 0.25) is 0 Å². The van der Waals surface area contributed by atoms with Gasteiger partial charge >= 0.3 is 0 Å². The first-order valence-electron chi connectivity index (χ1n) is 8.34. The van der Waals surface area contributed by atoms with Crippen molar-refractivity contribution in [1.29, 1.82) is 0 Å². The predicted molar refractivity (Wildman–Crippen MR) is 101 cm³/mol. The number of benzene rings is 2. The Morgan fingerprint density at radius 1 is 1.19 bits per heavy atom. The van der Waals surface area contributed by atoms with Crippen LogP contribution in [-0.2, 0) is 22.7 Å². The number of carbonyl (C=O) groups excluding carboxylic acids is 1. The van der Waals surface area contributed by atoms with E-state index >= 15 is 0 Å². The minimum Gasteiger partial charge on any atom is -0.482 e. The molecule has 0 atom stereocenters. The van der Waals surface area contributed by atoms with E-state index in [2.05, 4.69) is 5.32 Å². The fourth-order valence-electron chi connectivity index (χ4n) is 2.84. The lowest BCUT2D eigenvalue weighted by Gasteiger charge is -2.18. The Bertz CT molecular complexity index is 937. The lowest BCUT2D eigenvalue weighted by Crippen LogP contribution is -2.25. The number of fused-ring (bicyclic) bond motifs is 1. The Hall–Kier alpha value is -2.70. The van der Waals surface area contributed by atoms with Crippen molar-refractivity contribution in [3.8, 4) is 17.0 Å². The summed E-state index contributed by atoms with van der Waals surface area (Å²) in [6.07, 6.45) is 0. The van der Waals surface area contributed by atoms with E-state index in [0.717, 1.165) is 26.7 Å². The molecule has 0 unspecified atom stereocenters. The molecule has 132 valence electrons. The molecular formula is C20H18N2O3S. The Kier molecular flexibility index (Phi) is 4.69. The summed E-state index contributed by atoms with van der Waals surface area (Å²) in [7, 11) is 0. The van der Waals surface area contributed by atoms with Gasteiger partial charge in [0.15, 0.2) is 6.61 Å². The number of nitrogens with zero attached hydrogens (tertiary/aromatic N) is 1. The maximum absolute atomic E-state index is 11.5. The van der Waals surface area contributed by atoms with Gasteiger partial charge in [-0.1, -0.05) is 30.3 Å². The molecule has 0 radical (unpaired) electrons. The molecule has 3 aromatic rings. The second-order valence-electron chi connectivity index (χ2n) is 6.04. The van der Waals surface area contributed by atoms with Gasteiger partial charge in [-0.2, -0.15) is 0 Å². The smallest absolute Gasteiger partial charge is 0.262 e. The van der Waals surface area contributed by atoms with Crippen molar-refractivity contribution in [2.24, 2.45) is 0 Å². The molecule has 1 aliphatic rings. The number of anilines is 1. The van der Waals surface area contributed by atoms with Crippen molar-refractivity contribution < 1.29 is 14.3 Å². The molecule has 1 aromatic heterocycles. The number of hydrogen-bond donors (Lipinski definition) is 1. The Morgan fingerprint density at radius 3 is 2.88 bits per heavy atom. The number of aryl methyl sites for hydroxylation is 1. The molecule has 0 saturated carbocycles. The van der Waals surface area contributed by atoms with Crippen LogP contribution in [0.2, 0.25) is 0 Å². The molecule has 1 amide bonds. The molecule has 0 saturated heterocycles. The third kappa shape index (κ3) is 3.61. The highest BCUT2D eigenvalue weighted by Crippen LogP contribution is 2.35. The lowest BCUT2D eigenvalue weighted by molar-refractivity contribution is -0.118. The number of amides is 1. The molecule has 6 heteroatoms. The van der Waals surface area contributed by atoms with Crippen molar-refractivity contribution in [2.75, 3.05) is 11.9 Å². The average Bonchev–Trinajstić information content (AvgIpc) is 3.02. The third-order valence-corrected chi connectivity index (χ3v) is 5.01. The van der Waals surface area contributed by atoms with E-state index in [-0.39, 0.29) is 12.5 Å². The zero-order valence-corrected chi connectivity index (χ0v) is 15.1. The zero-order valence-electron chi connectivity index (χ0n) is 14.3. The number of nitrogens with one attached hydrogen (secondary N) is 1. The predicted octanol–water partition coefficient (Wildman–Crippen LogP) is 4.17. The quantitative estimate of drug-likeness (QED) is 0.736. The molecule has 1 N–H and O–H groups in total. The van der Waals surface area contributed by atoms with Crippen molar-refractivity contribution in [3.05, 3.63) is 64.0 Å². The lowest BCUT2D eigenvalue weighted by atomic mass is 10.1. The van der Waals surface area contributed by atoms with E-state index in [1.54, 1.807) is 11.3 Å². The SMILES string of the molecule is Cc1sc(COCc2ccccc2)nc1-c1ccc2c(c1)NC(=O)CO2. The van der Waals surface area contributed by atoms with E-state index in [9.17, 15) is 4.79 Å². The highest BCUT2D eigenvalue weighted by Gasteiger charge is 2.18. The molecular weight excluding hydrogens is 348 g/mol. The van der Waals surface area contributed by atoms with Crippen LogP contribution in [0.5, 0.6) is 5.75 Å². The molecule has 5 nitrogen and oxygen atoms in total. The summed E-state index contributed by atoms with van der Waals surface area (Å²) in [6.45, 7) is 3.15. The van der Waals surface area contributed by atoms with Gasteiger partial charge < -0.3 is 14.8 Å². The summed E-state index contributed by atoms with van der Waals surface area (Å²) < 4.78 is 11.2. The van der Waals surface area contributed by atoms with Gasteiger partial charge in [0.1, 0.15) is 10.8 Å². The van der Waals surface area contributed by atoms with Crippen molar-refractivity contribution in [2.45, 2.75) is 20.1 Å². The summed E-state index contributed by atoms with van der Waals surface area (Å²) >= 11 is 1.63. The van der Waals surface area contributed by atoms with Crippen LogP contribution < -0.4 is 10.1 Å². The number of hydrogen-bond acceptors (Lipinski definition) is 5. The standard InChI is InChI=1S/C20H18N2O3S/c1-13-20(15-7-8-17-16(9-15)21-18(23)11-25-17)22-19(26-13)12-24-10-14-5-3-2-4-6-14/h2-9H,10-12H2,1H3,(H,21,23). The Labute approximate surface area is 155 Å². The topological polar surface area (TPSA) is 60.5 Å². The fraction of sp³-hybridized carbons (Fsp3) is 0.200. The minimum atomic E-state index is -0.139. The number of rotatable bonds is 5. The fourth-order valence-corrected chi connectivity index (χ4v) is 3.73. The van der Waals surface area contributed by atoms with Gasteiger partial charge in [0, 0.05) is 10.4 Å². The van der Waals surface area contributed by atoms with Crippen LogP contribution in [0, 0.1) is 6.92 Å². The van der Waals surface area contributed by atoms with Gasteiger partial charge in [-0.05, 0) is 30.7 Å². The van der Waals surface area contributed by atoms with Crippen molar-refractivity contribution in [3.63, 3.8) is 0 Å². The second kappa shape index (κ2) is 7.27. The highest BCUT2D eigenvalue weighted by atomic mass is 32.1. The van der Waals surface area contributed by atoms with Crippen LogP contribution >= 0.6 is 11.3 Å². The van der Waals surface area contributed by atoms with Gasteiger partial charge in [-0.25, -0.2) is 4.98 Å². The van der Waals surface area contributed by atoms with Crippen molar-refractivity contribution in [1.82, 2.24) is 4.98 Å². The Morgan fingerprint density at radius 2 is 2.04 bits per heavy atom. The first kappa shape index (κ1) is 16.8. The largest absolute Gasteiger partial charge is 0.482 e. The number of aromatic nitrogens is 1. The molecule has 0 fully saturated rings. The minimum absolute atomic E-state index is 0.0605. The molecule has 0 aliphatic carbocycles. The molecule has 1 aliphatic heterocycles. The first-order chi connectivity index (χ1) is 12.7. The summed E-state index contributed by atoms with van der Waals surface area (Å²) in [6, 6.07) is 15.8. The zero-order chi connectivity index (χ0) is 17.9. The van der Waals surface area contributed by atoms with Crippen LogP contribution in [0.4, 0.5) is 5.69 Å². The van der Waals surface area contributed by atoms with E-state index in [1.807, 2.05) is 55.5 Å². The van der Waals surface area contributed by atoms with Crippen LogP contribution in [0.25, 0.3) is 11.3 Å². The summed E-state index contributed by atoms with van der Waals surface area (Å²) in [5.41, 5.74) is 3.70. The maximum Gasteiger partial charge on any atom is 0.262 e. The summed E-state index contributed by atoms with van der Waals surface area (Å²) in [5, 5.41) is 3.77. The number of carbonyl (C=O) groups is 1. The second-order valence-corrected chi connectivity index (χ2v) is 7.33. The highest BCUT2D eigenvalue weighted by molar-refractivity contribution is 7.12. The first-order valence-corrected chi connectivity index (χ1v) is 9.16. The molecule has 26 heavy (non-hydrogen) atoms. The van der Waals surface area contributed by atoms with Crippen LogP contribution in [0.1, 0.15) is 15.4 Å². The van der Waals surface area contributed by atoms with Gasteiger partial charge in [-0.15, -0.1) is 11.3 Å². The molecule has 2 aromatic carbocycles. The van der Waals surface area contributed by atoms with Gasteiger partial charge in [0.05, 0.1) is 24.6 Å². The molecule has 4 rings (SSSR count). The average molecular weight is 366 g/mol. The molecule has 0 bridgehead atoms. The van der Waals surface area contributed by atoms with E-state index in [1.165, 1.54) is 0 Å². The van der Waals surface area contributed by atoms with Crippen molar-refractivity contribution >= 4 is 22.9 Å². The third-order valence-electron chi connectivity index (χ3n) is 4.06. The normalized spacial score (nSPS) is 13.0. The van der Waals surface area contributed by atoms with E-state index < -0.39 is 0 Å². The van der Waals surface area contributed by atoms with Crippen LogP contribution in [-0.4, -0.2) is 17.5 Å². The molecule has 2 heterocycles. The molecule has 0 spiro atoms. The Balaban J connectivity index is 1.48. The number of ether oxygens (including phenoxy) is 2. The van der Waals surface area contributed by atoms with Gasteiger partial charge in [0.25, 0.3) is 5.91 Å². The van der Waals surface area contributed by atoms with Gasteiger partial charge in [-0.3, -0.25) is 4.79 Å². The van der Waals surface area contributed by atoms with E-state index in [0.29, 0.717) is 24.7 Å². The summed E-state index contributed by atoms with van der Waals surface area (Å²) in [5.74, 6) is 0.548. The van der Waals surface area contributed by atoms with Crippen LogP contribution in [0.15, 0.2) is 48.5 Å². The maximum atomic E-state index is 11.5. The van der Waals surface area contributed by atoms with Crippen LogP contribution in [0.3, 0.4) is 0 Å². The monoisotopic (exact) mass is 366 g/mol.